The quantitative estimate of drug-likeness (QED) is 0.433. The van der Waals surface area contributed by atoms with Crippen molar-refractivity contribution in [2.24, 2.45) is 0 Å². The number of methoxy groups -OCH3 is 2. The number of hydrogen-bond acceptors (Lipinski definition) is 8. The Morgan fingerprint density at radius 1 is 1.15 bits per heavy atom. The zero-order valence-electron chi connectivity index (χ0n) is 18.5. The molecule has 178 valence electrons. The van der Waals surface area contributed by atoms with Crippen LogP contribution in [0.1, 0.15) is 22.8 Å². The molecule has 13 heteroatoms. The molecule has 9 nitrogen and oxygen atoms in total. The van der Waals surface area contributed by atoms with Crippen LogP contribution in [0.5, 0.6) is 11.5 Å². The van der Waals surface area contributed by atoms with Crippen molar-refractivity contribution >= 4 is 28.2 Å². The van der Waals surface area contributed by atoms with E-state index < -0.39 is 17.9 Å². The summed E-state index contributed by atoms with van der Waals surface area (Å²) in [5.41, 5.74) is 2.49. The Morgan fingerprint density at radius 3 is 2.59 bits per heavy atom. The van der Waals surface area contributed by atoms with Crippen molar-refractivity contribution in [1.29, 1.82) is 0 Å². The summed E-state index contributed by atoms with van der Waals surface area (Å²) >= 11 is 1.23. The molecule has 1 amide bonds. The van der Waals surface area contributed by atoms with Crippen LogP contribution in [0.25, 0.3) is 17.0 Å². The zero-order valence-corrected chi connectivity index (χ0v) is 19.3. The molecule has 0 saturated carbocycles. The molecule has 0 atom stereocenters. The maximum atomic E-state index is 13.0. The van der Waals surface area contributed by atoms with E-state index in [4.69, 9.17) is 9.47 Å². The van der Waals surface area contributed by atoms with Crippen molar-refractivity contribution in [3.05, 3.63) is 46.4 Å². The van der Waals surface area contributed by atoms with E-state index in [9.17, 15) is 18.0 Å². The molecule has 3 aromatic heterocycles. The Labute approximate surface area is 195 Å². The number of fused-ring (bicyclic) bond motifs is 1. The van der Waals surface area contributed by atoms with Gasteiger partial charge in [0.2, 0.25) is 5.91 Å². The summed E-state index contributed by atoms with van der Waals surface area (Å²) < 4.78 is 50.6. The number of amides is 1. The minimum absolute atomic E-state index is 0.126. The van der Waals surface area contributed by atoms with Gasteiger partial charge in [0, 0.05) is 27.9 Å². The molecule has 0 fully saturated rings. The first kappa shape index (κ1) is 23.4. The van der Waals surface area contributed by atoms with Gasteiger partial charge in [-0.25, -0.2) is 14.5 Å². The molecular formula is C21H19F3N6O3S. The molecule has 0 bridgehead atoms. The second kappa shape index (κ2) is 8.89. The van der Waals surface area contributed by atoms with Gasteiger partial charge in [-0.05, 0) is 32.0 Å². The number of ether oxygens (including phenoxy) is 2. The molecule has 0 radical (unpaired) electrons. The fraction of sp³-hybridized carbons (Fsp3) is 0.286. The molecule has 0 aliphatic carbocycles. The Kier molecular flexibility index (Phi) is 6.13. The number of carbonyl (C=O) groups is 1. The first-order valence-electron chi connectivity index (χ1n) is 9.88. The number of halogens is 3. The number of nitrogens with zero attached hydrogens (tertiary/aromatic N) is 5. The number of benzene rings is 1. The third kappa shape index (κ3) is 4.51. The number of aromatic nitrogens is 5. The molecular weight excluding hydrogens is 473 g/mol. The highest BCUT2D eigenvalue weighted by atomic mass is 32.1. The van der Waals surface area contributed by atoms with Crippen LogP contribution in [0.4, 0.5) is 18.3 Å². The number of hydrogen-bond donors (Lipinski definition) is 1. The van der Waals surface area contributed by atoms with E-state index in [-0.39, 0.29) is 12.2 Å². The van der Waals surface area contributed by atoms with Crippen LogP contribution in [-0.4, -0.2) is 44.7 Å². The number of thiazole rings is 1. The Bertz CT molecular complexity index is 1380. The lowest BCUT2D eigenvalue weighted by atomic mass is 10.1. The van der Waals surface area contributed by atoms with Gasteiger partial charge >= 0.3 is 6.18 Å². The molecule has 1 N–H and O–H groups in total. The predicted molar refractivity (Wildman–Crippen MR) is 118 cm³/mol. The number of carbonyl (C=O) groups excluding carboxylic acids is 1. The number of rotatable bonds is 6. The van der Waals surface area contributed by atoms with E-state index in [1.807, 2.05) is 0 Å². The maximum Gasteiger partial charge on any atom is 0.453 e. The smallest absolute Gasteiger partial charge is 0.453 e. The molecule has 0 aliphatic heterocycles. The van der Waals surface area contributed by atoms with E-state index in [0.717, 1.165) is 4.52 Å². The lowest BCUT2D eigenvalue weighted by Gasteiger charge is -2.10. The summed E-state index contributed by atoms with van der Waals surface area (Å²) in [6.07, 6.45) is -4.82. The molecule has 4 aromatic rings. The Balaban J connectivity index is 1.56. The zero-order chi connectivity index (χ0) is 24.6. The number of anilines is 1. The van der Waals surface area contributed by atoms with Crippen LogP contribution < -0.4 is 14.8 Å². The second-order valence-corrected chi connectivity index (χ2v) is 8.09. The Morgan fingerprint density at radius 2 is 1.91 bits per heavy atom. The topological polar surface area (TPSA) is 104 Å². The monoisotopic (exact) mass is 492 g/mol. The van der Waals surface area contributed by atoms with Crippen LogP contribution in [-0.2, 0) is 17.4 Å². The highest BCUT2D eigenvalue weighted by Crippen LogP contribution is 2.35. The minimum atomic E-state index is -4.69. The van der Waals surface area contributed by atoms with Gasteiger partial charge in [-0.2, -0.15) is 18.2 Å². The van der Waals surface area contributed by atoms with Gasteiger partial charge in [0.15, 0.2) is 5.13 Å². The largest absolute Gasteiger partial charge is 0.497 e. The van der Waals surface area contributed by atoms with Gasteiger partial charge in [-0.3, -0.25) is 4.79 Å². The predicted octanol–water partition coefficient (Wildman–Crippen LogP) is 4.08. The average Bonchev–Trinajstić information content (AvgIpc) is 3.43. The van der Waals surface area contributed by atoms with Crippen molar-refractivity contribution in [3.63, 3.8) is 0 Å². The first-order chi connectivity index (χ1) is 16.1. The SMILES string of the molecule is COc1ccc(OC)c(-c2csc(NC(=O)Cc3c(C)nc4nc(C(F)(F)F)nn4c3C)n2)c1. The highest BCUT2D eigenvalue weighted by molar-refractivity contribution is 7.14. The van der Waals surface area contributed by atoms with Gasteiger partial charge in [-0.15, -0.1) is 16.4 Å². The van der Waals surface area contributed by atoms with Gasteiger partial charge < -0.3 is 14.8 Å². The molecule has 0 saturated heterocycles. The fourth-order valence-electron chi connectivity index (χ4n) is 3.38. The number of alkyl halides is 3. The summed E-state index contributed by atoms with van der Waals surface area (Å²) in [6.45, 7) is 3.17. The standard InChI is InChI=1S/C21H19F3N6O3S/c1-10-13(11(2)30-19(25-10)28-18(29-30)21(22,23)24)8-17(31)27-20-26-15(9-34-20)14-7-12(32-3)5-6-16(14)33-4/h5-7,9H,8H2,1-4H3,(H,26,27,31). The van der Waals surface area contributed by atoms with E-state index in [2.05, 4.69) is 25.4 Å². The molecule has 4 rings (SSSR count). The third-order valence-corrected chi connectivity index (χ3v) is 5.83. The van der Waals surface area contributed by atoms with Crippen LogP contribution in [0.15, 0.2) is 23.6 Å². The van der Waals surface area contributed by atoms with E-state index >= 15 is 0 Å². The summed E-state index contributed by atoms with van der Waals surface area (Å²) in [4.78, 5) is 24.7. The maximum absolute atomic E-state index is 13.0. The molecule has 34 heavy (non-hydrogen) atoms. The van der Waals surface area contributed by atoms with Crippen molar-refractivity contribution in [1.82, 2.24) is 24.6 Å². The summed E-state index contributed by atoms with van der Waals surface area (Å²) in [6, 6.07) is 5.30. The Hall–Kier alpha value is -3.74. The minimum Gasteiger partial charge on any atom is -0.497 e. The van der Waals surface area contributed by atoms with Gasteiger partial charge in [-0.1, -0.05) is 0 Å². The van der Waals surface area contributed by atoms with Crippen LogP contribution in [0.3, 0.4) is 0 Å². The fourth-order valence-corrected chi connectivity index (χ4v) is 4.10. The van der Waals surface area contributed by atoms with Crippen molar-refractivity contribution in [2.75, 3.05) is 19.5 Å². The summed E-state index contributed by atoms with van der Waals surface area (Å²) in [5, 5.41) is 8.34. The second-order valence-electron chi connectivity index (χ2n) is 7.24. The molecule has 0 unspecified atom stereocenters. The van der Waals surface area contributed by atoms with E-state index in [1.54, 1.807) is 51.6 Å². The van der Waals surface area contributed by atoms with E-state index in [0.29, 0.717) is 44.8 Å². The lowest BCUT2D eigenvalue weighted by Crippen LogP contribution is -2.17. The van der Waals surface area contributed by atoms with Gasteiger partial charge in [0.05, 0.1) is 26.3 Å². The van der Waals surface area contributed by atoms with Crippen LogP contribution >= 0.6 is 11.3 Å². The lowest BCUT2D eigenvalue weighted by molar-refractivity contribution is -0.144. The summed E-state index contributed by atoms with van der Waals surface area (Å²) in [5.74, 6) is -0.636. The number of nitrogens with one attached hydrogen (secondary N) is 1. The molecule has 3 heterocycles. The van der Waals surface area contributed by atoms with Crippen LogP contribution in [0.2, 0.25) is 0 Å². The van der Waals surface area contributed by atoms with E-state index in [1.165, 1.54) is 11.3 Å². The van der Waals surface area contributed by atoms with Crippen molar-refractivity contribution < 1.29 is 27.4 Å². The summed E-state index contributed by atoms with van der Waals surface area (Å²) in [7, 11) is 3.10. The highest BCUT2D eigenvalue weighted by Gasteiger charge is 2.37. The normalized spacial score (nSPS) is 11.6. The first-order valence-corrected chi connectivity index (χ1v) is 10.8. The third-order valence-electron chi connectivity index (χ3n) is 5.07. The van der Waals surface area contributed by atoms with Crippen LogP contribution in [0, 0.1) is 13.8 Å². The molecule has 1 aromatic carbocycles. The van der Waals surface area contributed by atoms with Gasteiger partial charge in [0.25, 0.3) is 11.6 Å². The van der Waals surface area contributed by atoms with Gasteiger partial charge in [0.1, 0.15) is 11.5 Å². The average molecular weight is 492 g/mol. The van der Waals surface area contributed by atoms with Crippen molar-refractivity contribution in [2.45, 2.75) is 26.4 Å². The number of aryl methyl sites for hydroxylation is 2. The molecule has 0 aliphatic rings. The molecule has 0 spiro atoms. The van der Waals surface area contributed by atoms with Crippen molar-refractivity contribution in [3.8, 4) is 22.8 Å².